The van der Waals surface area contributed by atoms with Crippen LogP contribution in [0.5, 0.6) is 0 Å². The number of carbonyl (C=O) groups is 1. The average molecular weight is 346 g/mol. The van der Waals surface area contributed by atoms with Crippen LogP contribution in [0.2, 0.25) is 0 Å². The summed E-state index contributed by atoms with van der Waals surface area (Å²) in [4.78, 5) is 26.6. The Bertz CT molecular complexity index is 843. The standard InChI is InChI=1S/C15H14N4O2S2/c1-8-7-16-15(23-8)19-13(20)11-9(2)17-12(18-14(11)22-3)10-5-4-6-21-10/h4-7H,1-3H3,(H,16,19,20). The van der Waals surface area contributed by atoms with E-state index < -0.39 is 0 Å². The molecule has 0 aliphatic rings. The predicted molar refractivity (Wildman–Crippen MR) is 91.1 cm³/mol. The van der Waals surface area contributed by atoms with Gasteiger partial charge in [0, 0.05) is 11.1 Å². The van der Waals surface area contributed by atoms with Gasteiger partial charge in [0.25, 0.3) is 5.91 Å². The van der Waals surface area contributed by atoms with Gasteiger partial charge in [-0.3, -0.25) is 10.1 Å². The highest BCUT2D eigenvalue weighted by atomic mass is 32.2. The minimum absolute atomic E-state index is 0.257. The second-order valence-corrected chi connectivity index (χ2v) is 6.75. The minimum atomic E-state index is -0.257. The summed E-state index contributed by atoms with van der Waals surface area (Å²) in [7, 11) is 0. The fourth-order valence-electron chi connectivity index (χ4n) is 2.04. The Labute approximate surface area is 141 Å². The van der Waals surface area contributed by atoms with Crippen molar-refractivity contribution in [3.63, 3.8) is 0 Å². The molecule has 23 heavy (non-hydrogen) atoms. The van der Waals surface area contributed by atoms with Gasteiger partial charge < -0.3 is 4.42 Å². The molecule has 3 aromatic rings. The zero-order valence-corrected chi connectivity index (χ0v) is 14.4. The molecule has 0 fully saturated rings. The maximum Gasteiger partial charge on any atom is 0.262 e. The van der Waals surface area contributed by atoms with Gasteiger partial charge in [-0.25, -0.2) is 15.0 Å². The monoisotopic (exact) mass is 346 g/mol. The van der Waals surface area contributed by atoms with Crippen molar-refractivity contribution in [2.24, 2.45) is 0 Å². The van der Waals surface area contributed by atoms with E-state index in [-0.39, 0.29) is 5.91 Å². The third-order valence-corrected chi connectivity index (χ3v) is 4.57. The van der Waals surface area contributed by atoms with Crippen LogP contribution in [0.3, 0.4) is 0 Å². The van der Waals surface area contributed by atoms with Crippen molar-refractivity contribution in [1.29, 1.82) is 0 Å². The first-order valence-corrected chi connectivity index (χ1v) is 8.83. The Balaban J connectivity index is 1.96. The molecule has 118 valence electrons. The largest absolute Gasteiger partial charge is 0.461 e. The number of anilines is 1. The van der Waals surface area contributed by atoms with Gasteiger partial charge in [0.1, 0.15) is 5.03 Å². The van der Waals surface area contributed by atoms with Crippen LogP contribution in [-0.2, 0) is 0 Å². The van der Waals surface area contributed by atoms with Gasteiger partial charge in [-0.15, -0.1) is 23.1 Å². The first-order valence-electron chi connectivity index (χ1n) is 6.78. The highest BCUT2D eigenvalue weighted by Gasteiger charge is 2.20. The number of rotatable bonds is 4. The molecule has 0 saturated heterocycles. The zero-order chi connectivity index (χ0) is 16.4. The van der Waals surface area contributed by atoms with Crippen molar-refractivity contribution in [2.45, 2.75) is 18.9 Å². The van der Waals surface area contributed by atoms with Crippen LogP contribution in [0.15, 0.2) is 34.0 Å². The number of nitrogens with zero attached hydrogens (tertiary/aromatic N) is 3. The summed E-state index contributed by atoms with van der Waals surface area (Å²) in [6.45, 7) is 3.73. The third kappa shape index (κ3) is 3.27. The molecule has 0 radical (unpaired) electrons. The molecular weight excluding hydrogens is 332 g/mol. The van der Waals surface area contributed by atoms with Gasteiger partial charge in [0.2, 0.25) is 0 Å². The molecule has 0 bridgehead atoms. The lowest BCUT2D eigenvalue weighted by Gasteiger charge is -2.10. The van der Waals surface area contributed by atoms with Crippen molar-refractivity contribution in [1.82, 2.24) is 15.0 Å². The van der Waals surface area contributed by atoms with Crippen molar-refractivity contribution in [3.05, 3.63) is 40.7 Å². The van der Waals surface area contributed by atoms with E-state index in [0.717, 1.165) is 4.88 Å². The summed E-state index contributed by atoms with van der Waals surface area (Å²) >= 11 is 2.82. The third-order valence-electron chi connectivity index (χ3n) is 3.06. The normalized spacial score (nSPS) is 10.7. The Hall–Kier alpha value is -2.19. The maximum absolute atomic E-state index is 12.6. The van der Waals surface area contributed by atoms with E-state index in [1.165, 1.54) is 23.1 Å². The summed E-state index contributed by atoms with van der Waals surface area (Å²) < 4.78 is 5.33. The lowest BCUT2D eigenvalue weighted by molar-refractivity contribution is 0.102. The second kappa shape index (κ2) is 6.51. The zero-order valence-electron chi connectivity index (χ0n) is 12.8. The highest BCUT2D eigenvalue weighted by molar-refractivity contribution is 7.98. The fraction of sp³-hybridized carbons (Fsp3) is 0.200. The average Bonchev–Trinajstić information content (AvgIpc) is 3.18. The van der Waals surface area contributed by atoms with E-state index >= 15 is 0 Å². The van der Waals surface area contributed by atoms with Crippen LogP contribution in [0.25, 0.3) is 11.6 Å². The van der Waals surface area contributed by atoms with Crippen LogP contribution in [0, 0.1) is 13.8 Å². The van der Waals surface area contributed by atoms with Crippen LogP contribution >= 0.6 is 23.1 Å². The number of nitrogens with one attached hydrogen (secondary N) is 1. The summed E-state index contributed by atoms with van der Waals surface area (Å²) in [5.41, 5.74) is 1.06. The number of carbonyl (C=O) groups excluding carboxylic acids is 1. The Morgan fingerprint density at radius 3 is 2.78 bits per heavy atom. The molecule has 8 heteroatoms. The molecule has 3 aromatic heterocycles. The van der Waals surface area contributed by atoms with E-state index in [9.17, 15) is 4.79 Å². The molecule has 1 amide bonds. The molecule has 0 spiro atoms. The molecule has 3 rings (SSSR count). The predicted octanol–water partition coefficient (Wildman–Crippen LogP) is 3.78. The number of thiazole rings is 1. The minimum Gasteiger partial charge on any atom is -0.461 e. The Kier molecular flexibility index (Phi) is 4.44. The van der Waals surface area contributed by atoms with Crippen LogP contribution < -0.4 is 5.32 Å². The van der Waals surface area contributed by atoms with Gasteiger partial charge in [0.15, 0.2) is 16.7 Å². The molecule has 0 aromatic carbocycles. The maximum atomic E-state index is 12.6. The number of thioether (sulfide) groups is 1. The van der Waals surface area contributed by atoms with Gasteiger partial charge >= 0.3 is 0 Å². The van der Waals surface area contributed by atoms with E-state index in [0.29, 0.717) is 33.0 Å². The van der Waals surface area contributed by atoms with Gasteiger partial charge in [0.05, 0.1) is 17.5 Å². The van der Waals surface area contributed by atoms with E-state index in [1.54, 1.807) is 31.5 Å². The van der Waals surface area contributed by atoms with Gasteiger partial charge in [-0.2, -0.15) is 0 Å². The van der Waals surface area contributed by atoms with E-state index in [2.05, 4.69) is 20.3 Å². The molecule has 0 atom stereocenters. The quantitative estimate of drug-likeness (QED) is 0.572. The smallest absolute Gasteiger partial charge is 0.262 e. The number of furan rings is 1. The lowest BCUT2D eigenvalue weighted by atomic mass is 10.2. The van der Waals surface area contributed by atoms with Crippen molar-refractivity contribution < 1.29 is 9.21 Å². The molecular formula is C15H14N4O2S2. The van der Waals surface area contributed by atoms with Crippen LogP contribution in [-0.4, -0.2) is 27.1 Å². The number of aryl methyl sites for hydroxylation is 2. The molecule has 6 nitrogen and oxygen atoms in total. The molecule has 0 saturated carbocycles. The summed E-state index contributed by atoms with van der Waals surface area (Å²) in [5.74, 6) is 0.789. The number of hydrogen-bond donors (Lipinski definition) is 1. The lowest BCUT2D eigenvalue weighted by Crippen LogP contribution is -2.16. The highest BCUT2D eigenvalue weighted by Crippen LogP contribution is 2.26. The molecule has 1 N–H and O–H groups in total. The first-order chi connectivity index (χ1) is 11.1. The Morgan fingerprint density at radius 1 is 1.35 bits per heavy atom. The SMILES string of the molecule is CSc1nc(-c2ccco2)nc(C)c1C(=O)Nc1ncc(C)s1. The molecule has 0 aliphatic carbocycles. The first kappa shape index (κ1) is 15.7. The Morgan fingerprint density at radius 2 is 2.17 bits per heavy atom. The second-order valence-electron chi connectivity index (χ2n) is 4.72. The van der Waals surface area contributed by atoms with Crippen LogP contribution in [0.1, 0.15) is 20.9 Å². The molecule has 0 aliphatic heterocycles. The molecule has 3 heterocycles. The summed E-state index contributed by atoms with van der Waals surface area (Å²) in [5, 5.41) is 3.97. The topological polar surface area (TPSA) is 80.9 Å². The molecule has 0 unspecified atom stereocenters. The van der Waals surface area contributed by atoms with Gasteiger partial charge in [-0.1, -0.05) is 0 Å². The number of aromatic nitrogens is 3. The summed E-state index contributed by atoms with van der Waals surface area (Å²) in [6.07, 6.45) is 5.16. The number of hydrogen-bond acceptors (Lipinski definition) is 7. The van der Waals surface area contributed by atoms with E-state index in [1.807, 2.05) is 13.2 Å². The van der Waals surface area contributed by atoms with E-state index in [4.69, 9.17) is 4.42 Å². The number of amides is 1. The van der Waals surface area contributed by atoms with Crippen molar-refractivity contribution in [2.75, 3.05) is 11.6 Å². The van der Waals surface area contributed by atoms with Gasteiger partial charge in [-0.05, 0) is 32.2 Å². The summed E-state index contributed by atoms with van der Waals surface area (Å²) in [6, 6.07) is 3.56. The fourth-order valence-corrected chi connectivity index (χ4v) is 3.33. The van der Waals surface area contributed by atoms with Crippen LogP contribution in [0.4, 0.5) is 5.13 Å². The van der Waals surface area contributed by atoms with Crippen molar-refractivity contribution in [3.8, 4) is 11.6 Å². The van der Waals surface area contributed by atoms with Crippen molar-refractivity contribution >= 4 is 34.1 Å².